The van der Waals surface area contributed by atoms with E-state index in [2.05, 4.69) is 118 Å². The summed E-state index contributed by atoms with van der Waals surface area (Å²) in [4.78, 5) is 38.2. The summed E-state index contributed by atoms with van der Waals surface area (Å²) in [6, 6.07) is 0. The third-order valence-electron chi connectivity index (χ3n) is 13.1. The highest BCUT2D eigenvalue weighted by molar-refractivity contribution is 5.71. The molecule has 6 nitrogen and oxygen atoms in total. The lowest BCUT2D eigenvalue weighted by molar-refractivity contribution is -0.167. The molecule has 0 N–H and O–H groups in total. The van der Waals surface area contributed by atoms with Crippen LogP contribution in [-0.4, -0.2) is 37.2 Å². The fraction of sp³-hybridized carbons (Fsp3) is 0.716. The number of esters is 3. The topological polar surface area (TPSA) is 78.9 Å². The van der Waals surface area contributed by atoms with Gasteiger partial charge in [0.05, 0.1) is 0 Å². The van der Waals surface area contributed by atoms with E-state index in [4.69, 9.17) is 14.2 Å². The summed E-state index contributed by atoms with van der Waals surface area (Å²) in [6.07, 6.45) is 81.2. The molecular formula is C67H114O6. The largest absolute Gasteiger partial charge is 0.462 e. The van der Waals surface area contributed by atoms with Crippen molar-refractivity contribution >= 4 is 17.9 Å². The van der Waals surface area contributed by atoms with E-state index in [9.17, 15) is 14.4 Å². The second-order valence-corrected chi connectivity index (χ2v) is 20.2. The molecule has 0 aliphatic carbocycles. The third-order valence-corrected chi connectivity index (χ3v) is 13.1. The molecule has 0 aromatic rings. The van der Waals surface area contributed by atoms with Gasteiger partial charge in [0, 0.05) is 19.3 Å². The summed E-state index contributed by atoms with van der Waals surface area (Å²) >= 11 is 0. The first kappa shape index (κ1) is 69.3. The molecule has 73 heavy (non-hydrogen) atoms. The van der Waals surface area contributed by atoms with Crippen molar-refractivity contribution in [2.45, 2.75) is 297 Å². The Balaban J connectivity index is 4.32. The Morgan fingerprint density at radius 2 is 0.534 bits per heavy atom. The summed E-state index contributed by atoms with van der Waals surface area (Å²) in [5.41, 5.74) is 0. The number of ether oxygens (including phenoxy) is 3. The van der Waals surface area contributed by atoms with Crippen molar-refractivity contribution in [3.8, 4) is 0 Å². The van der Waals surface area contributed by atoms with Gasteiger partial charge < -0.3 is 14.2 Å². The average Bonchev–Trinajstić information content (AvgIpc) is 3.39. The van der Waals surface area contributed by atoms with Gasteiger partial charge in [-0.15, -0.1) is 0 Å². The SMILES string of the molecule is CC/C=C\C/C=C\C/C=C\C/C=C\C/C=C\C/C=C\C/C=C\CCCCCCCC(=O)OCC(COC(=O)CCCCCCCCCCCC)OC(=O)CCCCCCCCC/C=C\CCCCCCCCC. The van der Waals surface area contributed by atoms with Crippen LogP contribution < -0.4 is 0 Å². The minimum Gasteiger partial charge on any atom is -0.462 e. The monoisotopic (exact) mass is 1010 g/mol. The first-order valence-corrected chi connectivity index (χ1v) is 30.7. The number of carbonyl (C=O) groups excluding carboxylic acids is 3. The van der Waals surface area contributed by atoms with Gasteiger partial charge in [0.2, 0.25) is 0 Å². The Kier molecular flexibility index (Phi) is 57.8. The van der Waals surface area contributed by atoms with Crippen LogP contribution in [0.2, 0.25) is 0 Å². The number of hydrogen-bond acceptors (Lipinski definition) is 6. The van der Waals surface area contributed by atoms with Gasteiger partial charge in [-0.2, -0.15) is 0 Å². The molecule has 0 amide bonds. The van der Waals surface area contributed by atoms with Gasteiger partial charge in [-0.3, -0.25) is 14.4 Å². The van der Waals surface area contributed by atoms with Crippen molar-refractivity contribution in [1.82, 2.24) is 0 Å². The van der Waals surface area contributed by atoms with Crippen LogP contribution in [0.15, 0.2) is 97.2 Å². The van der Waals surface area contributed by atoms with Crippen molar-refractivity contribution in [2.24, 2.45) is 0 Å². The molecule has 418 valence electrons. The van der Waals surface area contributed by atoms with Crippen LogP contribution in [0.1, 0.15) is 290 Å². The summed E-state index contributed by atoms with van der Waals surface area (Å²) in [7, 11) is 0. The molecule has 0 spiro atoms. The number of carbonyl (C=O) groups is 3. The summed E-state index contributed by atoms with van der Waals surface area (Å²) < 4.78 is 16.9. The van der Waals surface area contributed by atoms with Crippen LogP contribution >= 0.6 is 0 Å². The maximum absolute atomic E-state index is 12.9. The number of unbranched alkanes of at least 4 members (excludes halogenated alkanes) is 28. The van der Waals surface area contributed by atoms with Gasteiger partial charge in [-0.1, -0.05) is 266 Å². The van der Waals surface area contributed by atoms with Gasteiger partial charge in [0.15, 0.2) is 6.10 Å². The molecule has 0 heterocycles. The maximum atomic E-state index is 12.9. The van der Waals surface area contributed by atoms with Gasteiger partial charge in [0.1, 0.15) is 13.2 Å². The van der Waals surface area contributed by atoms with E-state index in [-0.39, 0.29) is 31.1 Å². The van der Waals surface area contributed by atoms with E-state index in [0.29, 0.717) is 19.3 Å². The summed E-state index contributed by atoms with van der Waals surface area (Å²) in [5.74, 6) is -0.903. The highest BCUT2D eigenvalue weighted by Crippen LogP contribution is 2.15. The highest BCUT2D eigenvalue weighted by atomic mass is 16.6. The van der Waals surface area contributed by atoms with Crippen LogP contribution in [0.25, 0.3) is 0 Å². The van der Waals surface area contributed by atoms with Crippen molar-refractivity contribution < 1.29 is 28.6 Å². The van der Waals surface area contributed by atoms with Crippen LogP contribution in [0.4, 0.5) is 0 Å². The minimum absolute atomic E-state index is 0.0836. The first-order valence-electron chi connectivity index (χ1n) is 30.7. The lowest BCUT2D eigenvalue weighted by Gasteiger charge is -2.18. The van der Waals surface area contributed by atoms with Gasteiger partial charge in [-0.05, 0) is 103 Å². The van der Waals surface area contributed by atoms with Crippen LogP contribution in [0.3, 0.4) is 0 Å². The quantitative estimate of drug-likeness (QED) is 0.0261. The Hall–Kier alpha value is -3.67. The zero-order valence-electron chi connectivity index (χ0n) is 47.9. The molecule has 0 radical (unpaired) electrons. The second kappa shape index (κ2) is 60.9. The van der Waals surface area contributed by atoms with Crippen LogP contribution in [-0.2, 0) is 28.6 Å². The average molecular weight is 1020 g/mol. The number of rotatable bonds is 55. The molecule has 0 bridgehead atoms. The fourth-order valence-electron chi connectivity index (χ4n) is 8.48. The second-order valence-electron chi connectivity index (χ2n) is 20.2. The minimum atomic E-state index is -0.787. The summed E-state index contributed by atoms with van der Waals surface area (Å²) in [6.45, 7) is 6.51. The molecule has 0 fully saturated rings. The molecule has 0 aromatic heterocycles. The van der Waals surface area contributed by atoms with E-state index < -0.39 is 6.10 Å². The zero-order valence-corrected chi connectivity index (χ0v) is 47.9. The van der Waals surface area contributed by atoms with E-state index >= 15 is 0 Å². The van der Waals surface area contributed by atoms with Crippen LogP contribution in [0.5, 0.6) is 0 Å². The Labute approximate surface area is 451 Å². The number of allylic oxidation sites excluding steroid dienone is 16. The molecule has 0 rings (SSSR count). The lowest BCUT2D eigenvalue weighted by Crippen LogP contribution is -2.30. The van der Waals surface area contributed by atoms with E-state index in [1.807, 2.05) is 0 Å². The molecule has 0 aromatic carbocycles. The van der Waals surface area contributed by atoms with Crippen molar-refractivity contribution in [3.05, 3.63) is 97.2 Å². The standard InChI is InChI=1S/C67H114O6/c1-4-7-10-13-16-19-22-24-26-28-30-31-32-33-34-35-36-37-38-40-41-43-45-48-51-54-57-60-66(69)72-63-64(62-71-65(68)59-56-53-50-47-21-18-15-12-9-6-3)73-67(70)61-58-55-52-49-46-44-42-39-29-27-25-23-20-17-14-11-8-5-2/h7,10,16,19,24,26-27,29-31,33-34,36-37,40-41,64H,4-6,8-9,11-15,17-18,20-23,25,28,32,35,38-39,42-63H2,1-3H3/b10-7-,19-16-,26-24-,29-27-,31-30-,34-33-,37-36-,41-40-. The van der Waals surface area contributed by atoms with E-state index in [1.165, 1.54) is 128 Å². The Bertz CT molecular complexity index is 1440. The van der Waals surface area contributed by atoms with Gasteiger partial charge in [0.25, 0.3) is 0 Å². The predicted octanol–water partition coefficient (Wildman–Crippen LogP) is 20.9. The number of hydrogen-bond donors (Lipinski definition) is 0. The first-order chi connectivity index (χ1) is 36.0. The molecule has 1 unspecified atom stereocenters. The zero-order chi connectivity index (χ0) is 52.9. The third kappa shape index (κ3) is 59.1. The molecule has 6 heteroatoms. The molecule has 0 saturated heterocycles. The molecule has 0 saturated carbocycles. The van der Waals surface area contributed by atoms with Gasteiger partial charge >= 0.3 is 17.9 Å². The fourth-order valence-corrected chi connectivity index (χ4v) is 8.48. The predicted molar refractivity (Wildman–Crippen MR) is 316 cm³/mol. The lowest BCUT2D eigenvalue weighted by atomic mass is 10.1. The molecule has 1 atom stereocenters. The highest BCUT2D eigenvalue weighted by Gasteiger charge is 2.19. The Morgan fingerprint density at radius 1 is 0.288 bits per heavy atom. The molecule has 0 aliphatic rings. The van der Waals surface area contributed by atoms with Crippen molar-refractivity contribution in [3.63, 3.8) is 0 Å². The van der Waals surface area contributed by atoms with Crippen molar-refractivity contribution in [1.29, 1.82) is 0 Å². The maximum Gasteiger partial charge on any atom is 0.306 e. The Morgan fingerprint density at radius 3 is 0.849 bits per heavy atom. The smallest absolute Gasteiger partial charge is 0.306 e. The van der Waals surface area contributed by atoms with E-state index in [1.54, 1.807) is 0 Å². The molecular weight excluding hydrogens is 901 g/mol. The van der Waals surface area contributed by atoms with Crippen molar-refractivity contribution in [2.75, 3.05) is 13.2 Å². The van der Waals surface area contributed by atoms with E-state index in [0.717, 1.165) is 122 Å². The molecule has 0 aliphatic heterocycles. The van der Waals surface area contributed by atoms with Crippen LogP contribution in [0, 0.1) is 0 Å². The van der Waals surface area contributed by atoms with Gasteiger partial charge in [-0.25, -0.2) is 0 Å². The normalized spacial score (nSPS) is 12.8. The summed E-state index contributed by atoms with van der Waals surface area (Å²) in [5, 5.41) is 0.